The highest BCUT2D eigenvalue weighted by molar-refractivity contribution is 5.85. The molecule has 146 valence electrons. The van der Waals surface area contributed by atoms with Gasteiger partial charge in [-0.05, 0) is 44.2 Å². The van der Waals surface area contributed by atoms with E-state index in [9.17, 15) is 5.26 Å². The molecule has 4 aromatic rings. The topological polar surface area (TPSA) is 91.9 Å². The Balaban J connectivity index is 0.000000552. The highest BCUT2D eigenvalue weighted by atomic mass is 16.5. The molecule has 0 unspecified atom stereocenters. The van der Waals surface area contributed by atoms with E-state index in [4.69, 9.17) is 0 Å². The summed E-state index contributed by atoms with van der Waals surface area (Å²) in [5, 5.41) is 16.7. The Morgan fingerprint density at radius 2 is 2.10 bits per heavy atom. The summed E-state index contributed by atoms with van der Waals surface area (Å²) < 4.78 is 6.31. The van der Waals surface area contributed by atoms with Gasteiger partial charge in [0.15, 0.2) is 0 Å². The predicted molar refractivity (Wildman–Crippen MR) is 113 cm³/mol. The van der Waals surface area contributed by atoms with Gasteiger partial charge in [-0.15, -0.1) is 0 Å². The molecule has 4 rings (SSSR count). The van der Waals surface area contributed by atoms with E-state index in [1.165, 1.54) is 0 Å². The number of hydrogen-bond donors (Lipinski definition) is 1. The van der Waals surface area contributed by atoms with Crippen molar-refractivity contribution in [1.82, 2.24) is 24.6 Å². The summed E-state index contributed by atoms with van der Waals surface area (Å²) in [6.45, 7) is 8.59. The summed E-state index contributed by atoms with van der Waals surface area (Å²) in [5.74, 6) is 0. The van der Waals surface area contributed by atoms with E-state index in [-0.39, 0.29) is 0 Å². The minimum atomic E-state index is 0.482. The third-order valence-electron chi connectivity index (χ3n) is 4.33. The summed E-state index contributed by atoms with van der Waals surface area (Å²) in [4.78, 5) is 8.81. The molecule has 0 saturated heterocycles. The van der Waals surface area contributed by atoms with Crippen LogP contribution < -0.4 is 0 Å². The van der Waals surface area contributed by atoms with Crippen molar-refractivity contribution >= 4 is 11.7 Å². The average Bonchev–Trinajstić information content (AvgIpc) is 3.37. The molecule has 7 nitrogen and oxygen atoms in total. The van der Waals surface area contributed by atoms with Gasteiger partial charge in [0.1, 0.15) is 23.1 Å². The van der Waals surface area contributed by atoms with Crippen LogP contribution in [0.15, 0.2) is 49.3 Å². The number of aromatic nitrogens is 5. The first-order valence-corrected chi connectivity index (χ1v) is 9.14. The highest BCUT2D eigenvalue weighted by Crippen LogP contribution is 2.33. The van der Waals surface area contributed by atoms with Gasteiger partial charge in [-0.3, -0.25) is 14.5 Å². The minimum Gasteiger partial charge on any atom is -0.385 e. The number of ether oxygens (including phenoxy) is 1. The molecule has 0 bridgehead atoms. The lowest BCUT2D eigenvalue weighted by Crippen LogP contribution is -1.93. The number of H-pyrrole nitrogens is 1. The second-order valence-corrected chi connectivity index (χ2v) is 6.21. The molecule has 0 spiro atoms. The van der Waals surface area contributed by atoms with Gasteiger partial charge in [0.2, 0.25) is 0 Å². The Labute approximate surface area is 169 Å². The number of hydrogen-bond acceptors (Lipinski definition) is 5. The van der Waals surface area contributed by atoms with Gasteiger partial charge in [-0.2, -0.15) is 10.4 Å². The van der Waals surface area contributed by atoms with Gasteiger partial charge in [-0.1, -0.05) is 12.6 Å². The van der Waals surface area contributed by atoms with Gasteiger partial charge in [-0.25, -0.2) is 4.98 Å². The standard InChI is InChI=1S/C19H14N6.C3H8O/c1-3-15-18(19(24-23-15)16-6-4-5-12(2)22-16)13-7-8-17-21-10-14(9-20)25(17)11-13;1-3-4-2/h3-8,10-11H,1H2,2H3,(H,23,24);3H2,1-2H3. The van der Waals surface area contributed by atoms with Crippen molar-refractivity contribution in [3.63, 3.8) is 0 Å². The van der Waals surface area contributed by atoms with Crippen molar-refractivity contribution in [3.8, 4) is 28.6 Å². The Kier molecular flexibility index (Phi) is 6.17. The lowest BCUT2D eigenvalue weighted by atomic mass is 10.0. The quantitative estimate of drug-likeness (QED) is 0.566. The predicted octanol–water partition coefficient (Wildman–Crippen LogP) is 4.26. The number of imidazole rings is 1. The number of nitriles is 1. The first-order chi connectivity index (χ1) is 14.1. The van der Waals surface area contributed by atoms with Crippen LogP contribution >= 0.6 is 0 Å². The molecule has 4 aromatic heterocycles. The maximum Gasteiger partial charge on any atom is 0.144 e. The molecule has 0 aliphatic rings. The van der Waals surface area contributed by atoms with Crippen LogP contribution in [0.2, 0.25) is 0 Å². The van der Waals surface area contributed by atoms with Crippen LogP contribution in [0.1, 0.15) is 24.0 Å². The van der Waals surface area contributed by atoms with Crippen molar-refractivity contribution in [2.75, 3.05) is 13.7 Å². The average molecular weight is 386 g/mol. The molecule has 0 atom stereocenters. The number of fused-ring (bicyclic) bond motifs is 1. The largest absolute Gasteiger partial charge is 0.385 e. The normalized spacial score (nSPS) is 10.3. The van der Waals surface area contributed by atoms with Crippen LogP contribution in [0.3, 0.4) is 0 Å². The molecule has 0 saturated carbocycles. The van der Waals surface area contributed by atoms with Crippen molar-refractivity contribution in [1.29, 1.82) is 5.26 Å². The first-order valence-electron chi connectivity index (χ1n) is 9.14. The number of pyridine rings is 2. The Hall–Kier alpha value is -3.76. The fourth-order valence-electron chi connectivity index (χ4n) is 2.87. The Morgan fingerprint density at radius 1 is 1.31 bits per heavy atom. The summed E-state index contributed by atoms with van der Waals surface area (Å²) in [6.07, 6.45) is 5.18. The molecular weight excluding hydrogens is 364 g/mol. The van der Waals surface area contributed by atoms with Crippen molar-refractivity contribution in [2.24, 2.45) is 0 Å². The third kappa shape index (κ3) is 4.08. The second kappa shape index (κ2) is 8.95. The van der Waals surface area contributed by atoms with E-state index >= 15 is 0 Å². The summed E-state index contributed by atoms with van der Waals surface area (Å²) in [5.41, 5.74) is 6.26. The Bertz CT molecular complexity index is 1180. The Morgan fingerprint density at radius 3 is 2.76 bits per heavy atom. The van der Waals surface area contributed by atoms with E-state index in [2.05, 4.69) is 37.6 Å². The highest BCUT2D eigenvalue weighted by Gasteiger charge is 2.17. The van der Waals surface area contributed by atoms with Gasteiger partial charge < -0.3 is 4.74 Å². The van der Waals surface area contributed by atoms with Crippen molar-refractivity contribution < 1.29 is 4.74 Å². The number of nitrogens with one attached hydrogen (secondary N) is 1. The van der Waals surface area contributed by atoms with Gasteiger partial charge in [0.25, 0.3) is 0 Å². The summed E-state index contributed by atoms with van der Waals surface area (Å²) in [6, 6.07) is 11.8. The summed E-state index contributed by atoms with van der Waals surface area (Å²) >= 11 is 0. The molecule has 29 heavy (non-hydrogen) atoms. The number of aromatic amines is 1. The SMILES string of the molecule is C=Cc1[nH]nc(-c2cccc(C)n2)c1-c1ccc2ncc(C#N)n2c1.CCOC. The fourth-order valence-corrected chi connectivity index (χ4v) is 2.87. The molecule has 4 heterocycles. The zero-order valence-corrected chi connectivity index (χ0v) is 16.7. The number of aryl methyl sites for hydroxylation is 1. The molecule has 0 aliphatic heterocycles. The first kappa shape index (κ1) is 20.0. The zero-order chi connectivity index (χ0) is 20.8. The van der Waals surface area contributed by atoms with Crippen LogP contribution in [0, 0.1) is 18.3 Å². The van der Waals surface area contributed by atoms with Crippen LogP contribution in [0.5, 0.6) is 0 Å². The smallest absolute Gasteiger partial charge is 0.144 e. The van der Waals surface area contributed by atoms with Crippen LogP contribution in [0.4, 0.5) is 0 Å². The molecule has 0 aliphatic carbocycles. The molecule has 0 fully saturated rings. The molecule has 0 aromatic carbocycles. The van der Waals surface area contributed by atoms with Gasteiger partial charge in [0, 0.05) is 36.7 Å². The van der Waals surface area contributed by atoms with Crippen LogP contribution in [-0.4, -0.2) is 38.3 Å². The fraction of sp³-hybridized carbons (Fsp3) is 0.182. The third-order valence-corrected chi connectivity index (χ3v) is 4.33. The number of nitrogens with zero attached hydrogens (tertiary/aromatic N) is 5. The minimum absolute atomic E-state index is 0.482. The molecule has 1 N–H and O–H groups in total. The number of methoxy groups -OCH3 is 1. The maximum absolute atomic E-state index is 9.25. The van der Waals surface area contributed by atoms with E-state index < -0.39 is 0 Å². The molecule has 0 amide bonds. The molecule has 0 radical (unpaired) electrons. The van der Waals surface area contributed by atoms with E-state index in [1.807, 2.05) is 50.4 Å². The van der Waals surface area contributed by atoms with Gasteiger partial charge >= 0.3 is 0 Å². The monoisotopic (exact) mass is 386 g/mol. The molecular formula is C22H22N6O. The maximum atomic E-state index is 9.25. The lowest BCUT2D eigenvalue weighted by Gasteiger charge is -2.06. The second-order valence-electron chi connectivity index (χ2n) is 6.21. The lowest BCUT2D eigenvalue weighted by molar-refractivity contribution is 0.215. The van der Waals surface area contributed by atoms with Gasteiger partial charge in [0.05, 0.1) is 17.6 Å². The van der Waals surface area contributed by atoms with E-state index in [0.29, 0.717) is 5.69 Å². The van der Waals surface area contributed by atoms with E-state index in [1.54, 1.807) is 23.8 Å². The number of rotatable bonds is 4. The zero-order valence-electron chi connectivity index (χ0n) is 16.7. The van der Waals surface area contributed by atoms with Crippen LogP contribution in [-0.2, 0) is 4.74 Å². The summed E-state index contributed by atoms with van der Waals surface area (Å²) in [7, 11) is 1.68. The van der Waals surface area contributed by atoms with E-state index in [0.717, 1.165) is 46.2 Å². The molecule has 7 heteroatoms. The van der Waals surface area contributed by atoms with Crippen molar-refractivity contribution in [2.45, 2.75) is 13.8 Å². The van der Waals surface area contributed by atoms with Crippen molar-refractivity contribution in [3.05, 3.63) is 66.4 Å². The van der Waals surface area contributed by atoms with Crippen LogP contribution in [0.25, 0.3) is 34.2 Å².